The van der Waals surface area contributed by atoms with Crippen LogP contribution >= 0.6 is 11.6 Å². The Bertz CT molecular complexity index is 1160. The molecule has 2 N–H and O–H groups in total. The number of hydrogen-bond donors (Lipinski definition) is 2. The summed E-state index contributed by atoms with van der Waals surface area (Å²) in [7, 11) is 2.14. The molecule has 2 aliphatic heterocycles. The van der Waals surface area contributed by atoms with Gasteiger partial charge in [-0.2, -0.15) is 10.4 Å². The van der Waals surface area contributed by atoms with Crippen molar-refractivity contribution in [3.05, 3.63) is 46.7 Å². The topological polar surface area (TPSA) is 94.7 Å². The average molecular weight is 435 g/mol. The lowest BCUT2D eigenvalue weighted by atomic mass is 10.0. The lowest BCUT2D eigenvalue weighted by Crippen LogP contribution is -2.18. The van der Waals surface area contributed by atoms with E-state index in [9.17, 15) is 5.26 Å². The minimum Gasteiger partial charge on any atom is -0.383 e. The summed E-state index contributed by atoms with van der Waals surface area (Å²) in [5.74, 6) is 1.78. The number of nitrogens with one attached hydrogen (secondary N) is 2. The van der Waals surface area contributed by atoms with Gasteiger partial charge < -0.3 is 15.5 Å². The smallest absolute Gasteiger partial charge is 0.228 e. The molecule has 0 amide bonds. The summed E-state index contributed by atoms with van der Waals surface area (Å²) in [4.78, 5) is 11.4. The number of aromatic nitrogens is 4. The van der Waals surface area contributed by atoms with E-state index in [1.165, 1.54) is 0 Å². The Kier molecular flexibility index (Phi) is 5.22. The summed E-state index contributed by atoms with van der Waals surface area (Å²) >= 11 is 6.20. The lowest BCUT2D eigenvalue weighted by Gasteiger charge is -2.14. The highest BCUT2D eigenvalue weighted by Crippen LogP contribution is 2.32. The van der Waals surface area contributed by atoms with Gasteiger partial charge in [-0.15, -0.1) is 0 Å². The van der Waals surface area contributed by atoms with E-state index in [0.717, 1.165) is 67.3 Å². The van der Waals surface area contributed by atoms with Gasteiger partial charge in [0, 0.05) is 37.5 Å². The Balaban J connectivity index is 1.40. The molecule has 0 bridgehead atoms. The van der Waals surface area contributed by atoms with Gasteiger partial charge >= 0.3 is 0 Å². The molecule has 0 radical (unpaired) electrons. The van der Waals surface area contributed by atoms with Gasteiger partial charge in [0.1, 0.15) is 11.9 Å². The predicted octanol–water partition coefficient (Wildman–Crippen LogP) is 3.53. The molecule has 5 rings (SSSR count). The van der Waals surface area contributed by atoms with E-state index in [1.54, 1.807) is 12.3 Å². The molecule has 9 heteroatoms. The molecule has 1 atom stereocenters. The molecule has 0 saturated carbocycles. The van der Waals surface area contributed by atoms with Crippen LogP contribution in [0.1, 0.15) is 17.5 Å². The fourth-order valence-electron chi connectivity index (χ4n) is 4.41. The minimum absolute atomic E-state index is 0.440. The van der Waals surface area contributed by atoms with Gasteiger partial charge in [-0.25, -0.2) is 14.6 Å². The van der Waals surface area contributed by atoms with Crippen molar-refractivity contribution in [2.45, 2.75) is 19.4 Å². The zero-order valence-electron chi connectivity index (χ0n) is 17.3. The second-order valence-corrected chi connectivity index (χ2v) is 8.58. The molecule has 0 unspecified atom stereocenters. The summed E-state index contributed by atoms with van der Waals surface area (Å²) < 4.78 is 1.90. The van der Waals surface area contributed by atoms with Crippen molar-refractivity contribution in [3.63, 3.8) is 0 Å². The van der Waals surface area contributed by atoms with Crippen LogP contribution in [0.3, 0.4) is 0 Å². The van der Waals surface area contributed by atoms with E-state index >= 15 is 0 Å². The standard InChI is InChI=1S/C22H23ClN8/c1-30-7-4-14(12-30)13-31-20(10-19(23)29-31)28-22-26-6-3-18(27-22)16-8-15-2-5-25-21(15)17(9-16)11-24/h3,6,8-10,14,25H,2,4-5,7,12-13H2,1H3,(H,26,27,28)/t14-/m0/s1. The van der Waals surface area contributed by atoms with Crippen LogP contribution in [0.15, 0.2) is 30.5 Å². The number of nitrogens with zero attached hydrogens (tertiary/aromatic N) is 6. The van der Waals surface area contributed by atoms with Crippen LogP contribution in [-0.2, 0) is 13.0 Å². The van der Waals surface area contributed by atoms with Crippen molar-refractivity contribution in [3.8, 4) is 17.3 Å². The second kappa shape index (κ2) is 8.17. The maximum atomic E-state index is 9.53. The summed E-state index contributed by atoms with van der Waals surface area (Å²) in [6.45, 7) is 3.81. The quantitative estimate of drug-likeness (QED) is 0.634. The van der Waals surface area contributed by atoms with Crippen LogP contribution in [0.25, 0.3) is 11.3 Å². The molecule has 2 aliphatic rings. The van der Waals surface area contributed by atoms with Crippen molar-refractivity contribution >= 4 is 29.1 Å². The number of nitriles is 1. The van der Waals surface area contributed by atoms with Crippen molar-refractivity contribution in [2.24, 2.45) is 5.92 Å². The molecule has 3 aromatic rings. The van der Waals surface area contributed by atoms with E-state index in [4.69, 9.17) is 11.6 Å². The number of likely N-dealkylation sites (tertiary alicyclic amines) is 1. The first-order chi connectivity index (χ1) is 15.1. The van der Waals surface area contributed by atoms with Gasteiger partial charge in [-0.05, 0) is 56.1 Å². The van der Waals surface area contributed by atoms with Crippen LogP contribution in [0.4, 0.5) is 17.5 Å². The molecule has 31 heavy (non-hydrogen) atoms. The second-order valence-electron chi connectivity index (χ2n) is 8.19. The Labute approximate surface area is 185 Å². The number of halogens is 1. The maximum Gasteiger partial charge on any atom is 0.228 e. The molecule has 158 valence electrons. The number of fused-ring (bicyclic) bond motifs is 1. The van der Waals surface area contributed by atoms with Gasteiger partial charge in [-0.3, -0.25) is 0 Å². The van der Waals surface area contributed by atoms with E-state index in [0.29, 0.717) is 22.6 Å². The number of benzene rings is 1. The van der Waals surface area contributed by atoms with Gasteiger partial charge in [0.15, 0.2) is 5.15 Å². The largest absolute Gasteiger partial charge is 0.383 e. The van der Waals surface area contributed by atoms with Crippen LogP contribution in [0.5, 0.6) is 0 Å². The summed E-state index contributed by atoms with van der Waals surface area (Å²) in [5.41, 5.74) is 4.40. The van der Waals surface area contributed by atoms with Crippen LogP contribution in [-0.4, -0.2) is 51.3 Å². The Hall–Kier alpha value is -3.15. The van der Waals surface area contributed by atoms with Gasteiger partial charge in [0.05, 0.1) is 16.9 Å². The molecular weight excluding hydrogens is 412 g/mol. The highest BCUT2D eigenvalue weighted by atomic mass is 35.5. The Morgan fingerprint density at radius 1 is 1.35 bits per heavy atom. The zero-order valence-corrected chi connectivity index (χ0v) is 18.0. The predicted molar refractivity (Wildman–Crippen MR) is 121 cm³/mol. The molecular formula is C22H23ClN8. The molecule has 2 aromatic heterocycles. The highest BCUT2D eigenvalue weighted by molar-refractivity contribution is 6.29. The number of anilines is 3. The Morgan fingerprint density at radius 2 is 2.26 bits per heavy atom. The molecule has 1 aromatic carbocycles. The third kappa shape index (κ3) is 4.07. The molecule has 0 aliphatic carbocycles. The summed E-state index contributed by atoms with van der Waals surface area (Å²) in [5, 5.41) is 21.0. The highest BCUT2D eigenvalue weighted by Gasteiger charge is 2.22. The van der Waals surface area contributed by atoms with Gasteiger partial charge in [0.2, 0.25) is 5.95 Å². The van der Waals surface area contributed by atoms with E-state index < -0.39 is 0 Å². The SMILES string of the molecule is CN1CC[C@H](Cn2nc(Cl)cc2Nc2nccc(-c3cc(C#N)c4c(c3)CCN4)n2)C1. The molecule has 1 fully saturated rings. The van der Waals surface area contributed by atoms with Crippen molar-refractivity contribution in [1.29, 1.82) is 5.26 Å². The number of hydrogen-bond acceptors (Lipinski definition) is 7. The fourth-order valence-corrected chi connectivity index (χ4v) is 4.60. The lowest BCUT2D eigenvalue weighted by molar-refractivity contribution is 0.371. The third-order valence-corrected chi connectivity index (χ3v) is 6.08. The van der Waals surface area contributed by atoms with Crippen molar-refractivity contribution < 1.29 is 0 Å². The zero-order chi connectivity index (χ0) is 21.4. The van der Waals surface area contributed by atoms with E-state index in [1.807, 2.05) is 16.8 Å². The maximum absolute atomic E-state index is 9.53. The fraction of sp³-hybridized carbons (Fsp3) is 0.364. The van der Waals surface area contributed by atoms with E-state index in [-0.39, 0.29) is 0 Å². The molecule has 8 nitrogen and oxygen atoms in total. The average Bonchev–Trinajstić information content (AvgIpc) is 3.48. The Morgan fingerprint density at radius 3 is 3.06 bits per heavy atom. The van der Waals surface area contributed by atoms with Crippen LogP contribution < -0.4 is 10.6 Å². The summed E-state index contributed by atoms with van der Waals surface area (Å²) in [6.07, 6.45) is 3.77. The normalized spacial score (nSPS) is 17.9. The van der Waals surface area contributed by atoms with Crippen LogP contribution in [0, 0.1) is 17.2 Å². The van der Waals surface area contributed by atoms with Crippen LogP contribution in [0.2, 0.25) is 5.15 Å². The summed E-state index contributed by atoms with van der Waals surface area (Å²) in [6, 6.07) is 9.91. The van der Waals surface area contributed by atoms with Gasteiger partial charge in [-0.1, -0.05) is 11.6 Å². The first kappa shape index (κ1) is 19.8. The number of rotatable bonds is 5. The minimum atomic E-state index is 0.440. The molecule has 4 heterocycles. The monoisotopic (exact) mass is 434 g/mol. The third-order valence-electron chi connectivity index (χ3n) is 5.90. The van der Waals surface area contributed by atoms with Crippen molar-refractivity contribution in [2.75, 3.05) is 37.3 Å². The first-order valence-corrected chi connectivity index (χ1v) is 10.8. The van der Waals surface area contributed by atoms with Crippen molar-refractivity contribution in [1.82, 2.24) is 24.6 Å². The van der Waals surface area contributed by atoms with Gasteiger partial charge in [0.25, 0.3) is 0 Å². The molecule has 1 saturated heterocycles. The first-order valence-electron chi connectivity index (χ1n) is 10.4. The molecule has 0 spiro atoms. The van der Waals surface area contributed by atoms with E-state index in [2.05, 4.69) is 49.8 Å².